The molecule has 0 radical (unpaired) electrons. The second-order valence-electron chi connectivity index (χ2n) is 5.38. The van der Waals surface area contributed by atoms with Crippen LogP contribution in [0.1, 0.15) is 35.7 Å². The molecule has 2 aromatic rings. The smallest absolute Gasteiger partial charge is 0.252 e. The fourth-order valence-corrected chi connectivity index (χ4v) is 2.40. The van der Waals surface area contributed by atoms with Crippen molar-refractivity contribution in [3.05, 3.63) is 58.9 Å². The molecule has 0 aliphatic rings. The van der Waals surface area contributed by atoms with Crippen molar-refractivity contribution < 1.29 is 4.79 Å². The number of halogens is 1. The Morgan fingerprint density at radius 3 is 2.87 bits per heavy atom. The number of nitrogens with one attached hydrogen (secondary N) is 2. The van der Waals surface area contributed by atoms with E-state index in [1.807, 2.05) is 30.3 Å². The number of pyridine rings is 1. The van der Waals surface area contributed by atoms with Crippen LogP contribution in [0.15, 0.2) is 42.7 Å². The van der Waals surface area contributed by atoms with Crippen molar-refractivity contribution in [2.45, 2.75) is 26.2 Å². The predicted molar refractivity (Wildman–Crippen MR) is 95.1 cm³/mol. The summed E-state index contributed by atoms with van der Waals surface area (Å²) in [5.41, 5.74) is 2.59. The molecule has 2 N–H and O–H groups in total. The van der Waals surface area contributed by atoms with Crippen LogP contribution in [0.3, 0.4) is 0 Å². The van der Waals surface area contributed by atoms with Gasteiger partial charge in [-0.15, -0.1) is 0 Å². The molecule has 0 spiro atoms. The average Bonchev–Trinajstić information content (AvgIpc) is 2.55. The standard InChI is InChI=1S/C18H22ClN3O/c1-2-3-8-22-18(23)15-11-17(13-20-12-15)21-9-7-14-5-4-6-16(19)10-14/h4-6,10-13,21H,2-3,7-9H2,1H3,(H,22,23). The molecule has 23 heavy (non-hydrogen) atoms. The third kappa shape index (κ3) is 5.91. The summed E-state index contributed by atoms with van der Waals surface area (Å²) in [7, 11) is 0. The van der Waals surface area contributed by atoms with Crippen molar-refractivity contribution in [2.24, 2.45) is 0 Å². The summed E-state index contributed by atoms with van der Waals surface area (Å²) >= 11 is 5.97. The van der Waals surface area contributed by atoms with Gasteiger partial charge in [0.15, 0.2) is 0 Å². The highest BCUT2D eigenvalue weighted by Gasteiger charge is 2.06. The van der Waals surface area contributed by atoms with Gasteiger partial charge in [-0.25, -0.2) is 0 Å². The van der Waals surface area contributed by atoms with E-state index in [9.17, 15) is 4.79 Å². The molecule has 2 rings (SSSR count). The van der Waals surface area contributed by atoms with E-state index >= 15 is 0 Å². The van der Waals surface area contributed by atoms with E-state index in [1.54, 1.807) is 12.4 Å². The van der Waals surface area contributed by atoms with Gasteiger partial charge in [0, 0.05) is 30.5 Å². The summed E-state index contributed by atoms with van der Waals surface area (Å²) in [6.45, 7) is 3.54. The zero-order valence-corrected chi connectivity index (χ0v) is 14.1. The maximum Gasteiger partial charge on any atom is 0.252 e. The Morgan fingerprint density at radius 2 is 2.09 bits per heavy atom. The van der Waals surface area contributed by atoms with Crippen LogP contribution >= 0.6 is 11.6 Å². The minimum absolute atomic E-state index is 0.0792. The largest absolute Gasteiger partial charge is 0.383 e. The fourth-order valence-electron chi connectivity index (χ4n) is 2.19. The van der Waals surface area contributed by atoms with Crippen LogP contribution in [-0.2, 0) is 6.42 Å². The summed E-state index contributed by atoms with van der Waals surface area (Å²) in [4.78, 5) is 16.1. The highest BCUT2D eigenvalue weighted by atomic mass is 35.5. The molecule has 0 aliphatic heterocycles. The van der Waals surface area contributed by atoms with Gasteiger partial charge in [0.05, 0.1) is 11.3 Å². The van der Waals surface area contributed by atoms with E-state index < -0.39 is 0 Å². The number of rotatable bonds is 8. The molecular weight excluding hydrogens is 310 g/mol. The van der Waals surface area contributed by atoms with E-state index in [2.05, 4.69) is 22.5 Å². The van der Waals surface area contributed by atoms with Crippen LogP contribution in [0.4, 0.5) is 5.69 Å². The molecule has 0 atom stereocenters. The lowest BCUT2D eigenvalue weighted by atomic mass is 10.1. The first-order valence-electron chi connectivity index (χ1n) is 7.90. The lowest BCUT2D eigenvalue weighted by molar-refractivity contribution is 0.0953. The number of anilines is 1. The lowest BCUT2D eigenvalue weighted by Crippen LogP contribution is -2.24. The number of unbranched alkanes of at least 4 members (excludes halogenated alkanes) is 1. The van der Waals surface area contributed by atoms with Crippen LogP contribution in [0.5, 0.6) is 0 Å². The van der Waals surface area contributed by atoms with Gasteiger partial charge in [-0.05, 0) is 36.6 Å². The van der Waals surface area contributed by atoms with Gasteiger partial charge in [-0.1, -0.05) is 37.1 Å². The fraction of sp³-hybridized carbons (Fsp3) is 0.333. The van der Waals surface area contributed by atoms with Gasteiger partial charge < -0.3 is 10.6 Å². The number of carbonyl (C=O) groups excluding carboxylic acids is 1. The van der Waals surface area contributed by atoms with E-state index in [0.717, 1.165) is 36.5 Å². The topological polar surface area (TPSA) is 54.0 Å². The van der Waals surface area contributed by atoms with E-state index in [0.29, 0.717) is 12.1 Å². The Bertz CT molecular complexity index is 646. The summed E-state index contributed by atoms with van der Waals surface area (Å²) in [6.07, 6.45) is 6.21. The summed E-state index contributed by atoms with van der Waals surface area (Å²) < 4.78 is 0. The normalized spacial score (nSPS) is 10.3. The number of carbonyl (C=O) groups is 1. The van der Waals surface area contributed by atoms with Crippen molar-refractivity contribution in [2.75, 3.05) is 18.4 Å². The van der Waals surface area contributed by atoms with E-state index in [4.69, 9.17) is 11.6 Å². The number of hydrogen-bond acceptors (Lipinski definition) is 3. The average molecular weight is 332 g/mol. The van der Waals surface area contributed by atoms with Crippen LogP contribution < -0.4 is 10.6 Å². The maximum absolute atomic E-state index is 12.0. The molecule has 0 saturated carbocycles. The SMILES string of the molecule is CCCCNC(=O)c1cncc(NCCc2cccc(Cl)c2)c1. The molecule has 1 aromatic carbocycles. The summed E-state index contributed by atoms with van der Waals surface area (Å²) in [5.74, 6) is -0.0792. The Balaban J connectivity index is 1.86. The zero-order chi connectivity index (χ0) is 16.5. The molecule has 1 heterocycles. The lowest BCUT2D eigenvalue weighted by Gasteiger charge is -2.09. The van der Waals surface area contributed by atoms with Crippen molar-refractivity contribution in [3.8, 4) is 0 Å². The second-order valence-corrected chi connectivity index (χ2v) is 5.81. The highest BCUT2D eigenvalue weighted by Crippen LogP contribution is 2.12. The molecule has 0 bridgehead atoms. The first kappa shape index (κ1) is 17.3. The van der Waals surface area contributed by atoms with Gasteiger partial charge in [0.2, 0.25) is 0 Å². The molecule has 5 heteroatoms. The van der Waals surface area contributed by atoms with Crippen LogP contribution in [-0.4, -0.2) is 24.0 Å². The molecule has 1 amide bonds. The third-order valence-electron chi connectivity index (χ3n) is 3.45. The van der Waals surface area contributed by atoms with Crippen molar-refractivity contribution in [3.63, 3.8) is 0 Å². The van der Waals surface area contributed by atoms with Crippen LogP contribution in [0.25, 0.3) is 0 Å². The van der Waals surface area contributed by atoms with Crippen molar-refractivity contribution in [1.29, 1.82) is 0 Å². The van der Waals surface area contributed by atoms with Crippen molar-refractivity contribution >= 4 is 23.2 Å². The Labute approximate surface area is 142 Å². The third-order valence-corrected chi connectivity index (χ3v) is 3.68. The highest BCUT2D eigenvalue weighted by molar-refractivity contribution is 6.30. The Morgan fingerprint density at radius 1 is 1.22 bits per heavy atom. The number of hydrogen-bond donors (Lipinski definition) is 2. The molecule has 0 fully saturated rings. The van der Waals surface area contributed by atoms with Gasteiger partial charge in [-0.3, -0.25) is 9.78 Å². The number of nitrogens with zero attached hydrogens (tertiary/aromatic N) is 1. The van der Waals surface area contributed by atoms with Crippen LogP contribution in [0.2, 0.25) is 5.02 Å². The molecule has 0 unspecified atom stereocenters. The monoisotopic (exact) mass is 331 g/mol. The van der Waals surface area contributed by atoms with E-state index in [-0.39, 0.29) is 5.91 Å². The molecule has 122 valence electrons. The second kappa shape index (κ2) is 9.16. The minimum Gasteiger partial charge on any atom is -0.383 e. The summed E-state index contributed by atoms with van der Waals surface area (Å²) in [5, 5.41) is 6.93. The number of amides is 1. The van der Waals surface area contributed by atoms with Crippen LogP contribution in [0, 0.1) is 0 Å². The molecule has 0 aliphatic carbocycles. The van der Waals surface area contributed by atoms with Gasteiger partial charge >= 0.3 is 0 Å². The zero-order valence-electron chi connectivity index (χ0n) is 13.3. The number of benzene rings is 1. The van der Waals surface area contributed by atoms with Gasteiger partial charge in [0.25, 0.3) is 5.91 Å². The Hall–Kier alpha value is -2.07. The Kier molecular flexibility index (Phi) is 6.88. The minimum atomic E-state index is -0.0792. The van der Waals surface area contributed by atoms with Gasteiger partial charge in [-0.2, -0.15) is 0 Å². The maximum atomic E-state index is 12.0. The number of aromatic nitrogens is 1. The quantitative estimate of drug-likeness (QED) is 0.721. The predicted octanol–water partition coefficient (Wildman–Crippen LogP) is 3.92. The van der Waals surface area contributed by atoms with Crippen molar-refractivity contribution in [1.82, 2.24) is 10.3 Å². The molecule has 1 aromatic heterocycles. The molecule has 4 nitrogen and oxygen atoms in total. The molecular formula is C18H22ClN3O. The molecule has 0 saturated heterocycles. The first-order valence-corrected chi connectivity index (χ1v) is 8.28. The van der Waals surface area contributed by atoms with E-state index in [1.165, 1.54) is 5.56 Å². The van der Waals surface area contributed by atoms with Gasteiger partial charge in [0.1, 0.15) is 0 Å². The first-order chi connectivity index (χ1) is 11.2. The summed E-state index contributed by atoms with van der Waals surface area (Å²) in [6, 6.07) is 9.64.